The fourth-order valence-electron chi connectivity index (χ4n) is 2.43. The Morgan fingerprint density at radius 3 is 2.46 bits per heavy atom. The molecule has 0 amide bonds. The molecule has 4 heteroatoms. The summed E-state index contributed by atoms with van der Waals surface area (Å²) in [5.41, 5.74) is 0. The third-order valence-corrected chi connectivity index (χ3v) is 4.99. The number of rotatable bonds is 16. The number of aliphatic carboxylic acids is 1. The summed E-state index contributed by atoms with van der Waals surface area (Å²) in [6, 6.07) is 0. The van der Waals surface area contributed by atoms with Crippen LogP contribution in [0.15, 0.2) is 48.6 Å². The fourth-order valence-corrected chi connectivity index (χ4v) is 3.13. The summed E-state index contributed by atoms with van der Waals surface area (Å²) < 4.78 is 0. The van der Waals surface area contributed by atoms with Gasteiger partial charge in [0.15, 0.2) is 0 Å². The molecule has 0 radical (unpaired) electrons. The van der Waals surface area contributed by atoms with E-state index < -0.39 is 12.1 Å². The van der Waals surface area contributed by atoms with Crippen molar-refractivity contribution in [2.75, 3.05) is 6.26 Å². The van der Waals surface area contributed by atoms with E-state index in [0.717, 1.165) is 6.42 Å². The Hall–Kier alpha value is -1.26. The van der Waals surface area contributed by atoms with Gasteiger partial charge < -0.3 is 10.2 Å². The van der Waals surface area contributed by atoms with Crippen LogP contribution in [0.1, 0.15) is 64.7 Å². The molecule has 0 saturated heterocycles. The Balaban J connectivity index is 3.94. The van der Waals surface area contributed by atoms with E-state index in [4.69, 9.17) is 5.11 Å². The van der Waals surface area contributed by atoms with Gasteiger partial charge in [0.2, 0.25) is 0 Å². The normalized spacial score (nSPS) is 14.9. The van der Waals surface area contributed by atoms with Crippen LogP contribution in [0.2, 0.25) is 0 Å². The number of hydrogen-bond acceptors (Lipinski definition) is 3. The predicted molar refractivity (Wildman–Crippen MR) is 115 cm³/mol. The van der Waals surface area contributed by atoms with Crippen LogP contribution >= 0.6 is 11.8 Å². The number of aliphatic hydroxyl groups excluding tert-OH is 1. The van der Waals surface area contributed by atoms with Gasteiger partial charge in [0.1, 0.15) is 0 Å². The molecule has 0 heterocycles. The zero-order valence-electron chi connectivity index (χ0n) is 16.3. The average Bonchev–Trinajstić information content (AvgIpc) is 2.61. The van der Waals surface area contributed by atoms with Gasteiger partial charge in [0.25, 0.3) is 0 Å². The highest BCUT2D eigenvalue weighted by Gasteiger charge is 2.14. The van der Waals surface area contributed by atoms with E-state index >= 15 is 0 Å². The topological polar surface area (TPSA) is 57.5 Å². The minimum atomic E-state index is -0.811. The molecule has 0 rings (SSSR count). The van der Waals surface area contributed by atoms with Gasteiger partial charge in [-0.3, -0.25) is 4.79 Å². The highest BCUT2D eigenvalue weighted by molar-refractivity contribution is 7.99. The van der Waals surface area contributed by atoms with Crippen LogP contribution in [-0.4, -0.2) is 33.8 Å². The number of carboxylic acid groups (broad SMARTS) is 1. The van der Waals surface area contributed by atoms with Crippen LogP contribution in [0.5, 0.6) is 0 Å². The zero-order chi connectivity index (χ0) is 19.5. The molecule has 0 unspecified atom stereocenters. The van der Waals surface area contributed by atoms with Gasteiger partial charge in [0, 0.05) is 11.7 Å². The van der Waals surface area contributed by atoms with Crippen molar-refractivity contribution in [3.05, 3.63) is 48.6 Å². The van der Waals surface area contributed by atoms with Gasteiger partial charge in [-0.15, -0.1) is 0 Å². The Morgan fingerprint density at radius 2 is 1.77 bits per heavy atom. The van der Waals surface area contributed by atoms with Gasteiger partial charge in [-0.1, -0.05) is 74.8 Å². The molecule has 0 saturated carbocycles. The maximum Gasteiger partial charge on any atom is 0.303 e. The van der Waals surface area contributed by atoms with Crippen molar-refractivity contribution in [2.24, 2.45) is 0 Å². The van der Waals surface area contributed by atoms with Crippen molar-refractivity contribution in [1.82, 2.24) is 0 Å². The summed E-state index contributed by atoms with van der Waals surface area (Å²) in [7, 11) is 0. The van der Waals surface area contributed by atoms with Crippen LogP contribution in [0, 0.1) is 0 Å². The van der Waals surface area contributed by atoms with Crippen molar-refractivity contribution < 1.29 is 15.0 Å². The first-order chi connectivity index (χ1) is 12.6. The summed E-state index contributed by atoms with van der Waals surface area (Å²) in [6.45, 7) is 2.23. The van der Waals surface area contributed by atoms with Crippen LogP contribution in [0.3, 0.4) is 0 Å². The molecule has 0 aromatic rings. The standard InChI is InChI=1S/C22H36O3S/c1-3-4-5-6-7-8-9-10-11-12-13-14-15-18-21(26-2)20(23)17-16-19-22(24)25/h8-9,11-15,18,20-21,23H,3-7,10,16-17,19H2,1-2H3,(H,24,25)/b9-8-,12-11-,14-13+,18-15+/t20-,21+/m0/s1. The molecule has 3 nitrogen and oxygen atoms in total. The Morgan fingerprint density at radius 1 is 1.00 bits per heavy atom. The summed E-state index contributed by atoms with van der Waals surface area (Å²) in [5, 5.41) is 18.7. The first-order valence-electron chi connectivity index (χ1n) is 9.69. The number of allylic oxidation sites excluding steroid dienone is 7. The smallest absolute Gasteiger partial charge is 0.303 e. The van der Waals surface area contributed by atoms with Crippen molar-refractivity contribution in [3.8, 4) is 0 Å². The molecule has 0 bridgehead atoms. The first-order valence-corrected chi connectivity index (χ1v) is 11.0. The molecule has 2 atom stereocenters. The summed E-state index contributed by atoms with van der Waals surface area (Å²) in [5.74, 6) is -0.811. The number of thioether (sulfide) groups is 1. The van der Waals surface area contributed by atoms with Gasteiger partial charge in [-0.2, -0.15) is 11.8 Å². The predicted octanol–water partition coefficient (Wildman–Crippen LogP) is 5.92. The van der Waals surface area contributed by atoms with Crippen LogP contribution in [0.25, 0.3) is 0 Å². The Labute approximate surface area is 164 Å². The third kappa shape index (κ3) is 16.2. The maximum absolute atomic E-state index is 10.5. The van der Waals surface area contributed by atoms with E-state index in [9.17, 15) is 9.90 Å². The van der Waals surface area contributed by atoms with Crippen molar-refractivity contribution in [2.45, 2.75) is 76.1 Å². The lowest BCUT2D eigenvalue weighted by Crippen LogP contribution is -2.21. The van der Waals surface area contributed by atoms with Gasteiger partial charge in [-0.05, 0) is 38.4 Å². The fraction of sp³-hybridized carbons (Fsp3) is 0.591. The summed E-state index contributed by atoms with van der Waals surface area (Å²) >= 11 is 1.58. The highest BCUT2D eigenvalue weighted by atomic mass is 32.2. The number of carboxylic acids is 1. The monoisotopic (exact) mass is 380 g/mol. The van der Waals surface area contributed by atoms with E-state index in [-0.39, 0.29) is 11.7 Å². The molecule has 0 aliphatic carbocycles. The number of hydrogen-bond donors (Lipinski definition) is 2. The molecule has 0 fully saturated rings. The largest absolute Gasteiger partial charge is 0.481 e. The zero-order valence-corrected chi connectivity index (χ0v) is 17.2. The molecule has 0 aliphatic rings. The second-order valence-electron chi connectivity index (χ2n) is 6.31. The Kier molecular flexibility index (Phi) is 17.6. The number of unbranched alkanes of at least 4 members (excludes halogenated alkanes) is 4. The van der Waals surface area contributed by atoms with E-state index in [2.05, 4.69) is 25.2 Å². The quantitative estimate of drug-likeness (QED) is 0.198. The summed E-state index contributed by atoms with van der Waals surface area (Å²) in [6.07, 6.45) is 26.4. The van der Waals surface area contributed by atoms with E-state index in [1.807, 2.05) is 36.6 Å². The molecular weight excluding hydrogens is 344 g/mol. The molecule has 0 aliphatic heterocycles. The number of carbonyl (C=O) groups is 1. The molecule has 0 aromatic heterocycles. The second-order valence-corrected chi connectivity index (χ2v) is 7.32. The molecule has 148 valence electrons. The number of aliphatic hydroxyl groups is 1. The maximum atomic E-state index is 10.5. The average molecular weight is 381 g/mol. The third-order valence-electron chi connectivity index (χ3n) is 3.98. The molecule has 26 heavy (non-hydrogen) atoms. The first kappa shape index (κ1) is 24.7. The van der Waals surface area contributed by atoms with E-state index in [0.29, 0.717) is 12.8 Å². The van der Waals surface area contributed by atoms with Crippen LogP contribution in [0.4, 0.5) is 0 Å². The van der Waals surface area contributed by atoms with Crippen molar-refractivity contribution >= 4 is 17.7 Å². The van der Waals surface area contributed by atoms with Gasteiger partial charge in [-0.25, -0.2) is 0 Å². The van der Waals surface area contributed by atoms with E-state index in [1.165, 1.54) is 32.1 Å². The molecule has 0 spiro atoms. The molecule has 0 aromatic carbocycles. The van der Waals surface area contributed by atoms with Crippen LogP contribution < -0.4 is 0 Å². The minimum Gasteiger partial charge on any atom is -0.481 e. The molecular formula is C22H36O3S. The Bertz CT molecular complexity index is 452. The van der Waals surface area contributed by atoms with Gasteiger partial charge in [0.05, 0.1) is 6.10 Å². The van der Waals surface area contributed by atoms with Crippen molar-refractivity contribution in [3.63, 3.8) is 0 Å². The SMILES string of the molecule is CCCCCC/C=C\C\C=C/C=C/C=C/[C@@H](SC)[C@@H](O)CCCC(=O)O. The van der Waals surface area contributed by atoms with E-state index in [1.54, 1.807) is 11.8 Å². The summed E-state index contributed by atoms with van der Waals surface area (Å²) in [4.78, 5) is 10.5. The lowest BCUT2D eigenvalue weighted by molar-refractivity contribution is -0.137. The second kappa shape index (κ2) is 18.5. The van der Waals surface area contributed by atoms with Gasteiger partial charge >= 0.3 is 5.97 Å². The molecule has 2 N–H and O–H groups in total. The lowest BCUT2D eigenvalue weighted by Gasteiger charge is -2.17. The van der Waals surface area contributed by atoms with Crippen LogP contribution in [-0.2, 0) is 4.79 Å². The lowest BCUT2D eigenvalue weighted by atomic mass is 10.1. The minimum absolute atomic E-state index is 0.00642. The highest BCUT2D eigenvalue weighted by Crippen LogP contribution is 2.17. The van der Waals surface area contributed by atoms with Crippen molar-refractivity contribution in [1.29, 1.82) is 0 Å².